The maximum atomic E-state index is 12.1. The third kappa shape index (κ3) is 5.92. The normalized spacial score (nSPS) is 11.3. The summed E-state index contributed by atoms with van der Waals surface area (Å²) in [6.45, 7) is 0. The molecule has 0 saturated carbocycles. The Hall–Kier alpha value is -2.63. The molecule has 2 aromatic rings. The summed E-state index contributed by atoms with van der Waals surface area (Å²) >= 11 is 1.30. The molecule has 0 fully saturated rings. The van der Waals surface area contributed by atoms with Crippen molar-refractivity contribution < 1.29 is 22.9 Å². The number of rotatable bonds is 9. The number of amides is 1. The number of anilines is 1. The monoisotopic (exact) mass is 439 g/mol. The number of nitrogens with zero attached hydrogens (tertiary/aromatic N) is 2. The lowest BCUT2D eigenvalue weighted by molar-refractivity contribution is -0.385. The van der Waals surface area contributed by atoms with E-state index in [9.17, 15) is 23.3 Å². The predicted molar refractivity (Wildman–Crippen MR) is 112 cm³/mol. The molecule has 0 unspecified atom stereocenters. The molecule has 0 bridgehead atoms. The third-order valence-corrected chi connectivity index (χ3v) is 6.69. The first-order chi connectivity index (χ1) is 13.6. The van der Waals surface area contributed by atoms with E-state index in [0.717, 1.165) is 4.31 Å². The van der Waals surface area contributed by atoms with Gasteiger partial charge in [0.05, 0.1) is 22.7 Å². The molecule has 0 aliphatic heterocycles. The number of hydrogen-bond donors (Lipinski definition) is 1. The van der Waals surface area contributed by atoms with Crippen molar-refractivity contribution in [3.05, 3.63) is 58.1 Å². The molecule has 2 rings (SSSR count). The maximum absolute atomic E-state index is 12.1. The van der Waals surface area contributed by atoms with Gasteiger partial charge in [-0.05, 0) is 35.9 Å². The van der Waals surface area contributed by atoms with Crippen LogP contribution in [-0.2, 0) is 20.6 Å². The molecule has 9 nitrogen and oxygen atoms in total. The second-order valence-electron chi connectivity index (χ2n) is 6.12. The Morgan fingerprint density at radius 2 is 1.86 bits per heavy atom. The van der Waals surface area contributed by atoms with Crippen LogP contribution in [0, 0.1) is 10.1 Å². The first-order valence-electron chi connectivity index (χ1n) is 8.36. The Bertz CT molecular complexity index is 991. The topological polar surface area (TPSA) is 119 Å². The van der Waals surface area contributed by atoms with Crippen LogP contribution in [0.4, 0.5) is 11.4 Å². The molecule has 2 aromatic carbocycles. The molecular weight excluding hydrogens is 418 g/mol. The minimum atomic E-state index is -3.52. The van der Waals surface area contributed by atoms with Crippen molar-refractivity contribution in [2.24, 2.45) is 0 Å². The Morgan fingerprint density at radius 1 is 1.21 bits per heavy atom. The standard InChI is InChI=1S/C18H21N3O6S2/c1-20(2)29(25,26)15-7-5-14(6-8-15)19-18(22)12-28-11-13-4-9-17(27-3)16(10-13)21(23)24/h4-10H,11-12H2,1-3H3,(H,19,22). The number of sulfonamides is 1. The molecule has 0 aliphatic carbocycles. The largest absolute Gasteiger partial charge is 0.490 e. The summed E-state index contributed by atoms with van der Waals surface area (Å²) in [6, 6.07) is 10.5. The van der Waals surface area contributed by atoms with E-state index >= 15 is 0 Å². The van der Waals surface area contributed by atoms with E-state index in [0.29, 0.717) is 17.0 Å². The number of carbonyl (C=O) groups is 1. The van der Waals surface area contributed by atoms with E-state index < -0.39 is 14.9 Å². The zero-order valence-corrected chi connectivity index (χ0v) is 17.7. The van der Waals surface area contributed by atoms with Crippen LogP contribution in [0.2, 0.25) is 0 Å². The second-order valence-corrected chi connectivity index (χ2v) is 9.25. The number of methoxy groups -OCH3 is 1. The SMILES string of the molecule is COc1ccc(CSCC(=O)Nc2ccc(S(=O)(=O)N(C)C)cc2)cc1[N+](=O)[O-]. The highest BCUT2D eigenvalue weighted by Gasteiger charge is 2.17. The zero-order chi connectivity index (χ0) is 21.6. The first-order valence-corrected chi connectivity index (χ1v) is 11.0. The molecular formula is C18H21N3O6S2. The number of nitro benzene ring substituents is 1. The predicted octanol–water partition coefficient (Wildman–Crippen LogP) is 2.73. The van der Waals surface area contributed by atoms with Gasteiger partial charge in [-0.1, -0.05) is 6.07 Å². The minimum Gasteiger partial charge on any atom is -0.490 e. The smallest absolute Gasteiger partial charge is 0.311 e. The van der Waals surface area contributed by atoms with Crippen molar-refractivity contribution in [3.63, 3.8) is 0 Å². The van der Waals surface area contributed by atoms with Crippen LogP contribution < -0.4 is 10.1 Å². The van der Waals surface area contributed by atoms with E-state index in [1.54, 1.807) is 6.07 Å². The van der Waals surface area contributed by atoms with Crippen LogP contribution in [-0.4, -0.2) is 50.5 Å². The maximum Gasteiger partial charge on any atom is 0.311 e. The molecule has 0 aromatic heterocycles. The molecule has 1 amide bonds. The molecule has 1 N–H and O–H groups in total. The van der Waals surface area contributed by atoms with Gasteiger partial charge in [-0.15, -0.1) is 11.8 Å². The lowest BCUT2D eigenvalue weighted by Crippen LogP contribution is -2.22. The fourth-order valence-corrected chi connectivity index (χ4v) is 4.02. The fourth-order valence-electron chi connectivity index (χ4n) is 2.35. The summed E-state index contributed by atoms with van der Waals surface area (Å²) in [7, 11) is 0.731. The van der Waals surface area contributed by atoms with Gasteiger partial charge in [-0.25, -0.2) is 12.7 Å². The van der Waals surface area contributed by atoms with Crippen LogP contribution in [0.5, 0.6) is 5.75 Å². The average molecular weight is 440 g/mol. The number of nitro groups is 1. The van der Waals surface area contributed by atoms with Crippen molar-refractivity contribution in [1.29, 1.82) is 0 Å². The number of benzene rings is 2. The van der Waals surface area contributed by atoms with E-state index in [1.807, 2.05) is 0 Å². The van der Waals surface area contributed by atoms with E-state index in [2.05, 4.69) is 5.32 Å². The first kappa shape index (κ1) is 22.7. The molecule has 29 heavy (non-hydrogen) atoms. The Kier molecular flexibility index (Phi) is 7.59. The van der Waals surface area contributed by atoms with E-state index in [1.165, 1.54) is 69.4 Å². The van der Waals surface area contributed by atoms with Crippen molar-refractivity contribution in [3.8, 4) is 5.75 Å². The summed E-state index contributed by atoms with van der Waals surface area (Å²) in [5, 5.41) is 13.7. The number of ether oxygens (including phenoxy) is 1. The van der Waals surface area contributed by atoms with Gasteiger partial charge in [0, 0.05) is 31.6 Å². The molecule has 0 heterocycles. The lowest BCUT2D eigenvalue weighted by Gasteiger charge is -2.12. The molecule has 0 spiro atoms. The van der Waals surface area contributed by atoms with Crippen molar-refractivity contribution in [2.75, 3.05) is 32.3 Å². The summed E-state index contributed by atoms with van der Waals surface area (Å²) in [4.78, 5) is 22.8. The quantitative estimate of drug-likeness (QED) is 0.471. The highest BCUT2D eigenvalue weighted by molar-refractivity contribution is 7.99. The highest BCUT2D eigenvalue weighted by Crippen LogP contribution is 2.29. The lowest BCUT2D eigenvalue weighted by atomic mass is 10.2. The number of thioether (sulfide) groups is 1. The molecule has 0 saturated heterocycles. The van der Waals surface area contributed by atoms with Gasteiger partial charge in [0.2, 0.25) is 15.9 Å². The number of nitrogens with one attached hydrogen (secondary N) is 1. The second kappa shape index (κ2) is 9.72. The Labute approximate surface area is 173 Å². The molecule has 0 aliphatic rings. The Balaban J connectivity index is 1.91. The molecule has 0 radical (unpaired) electrons. The highest BCUT2D eigenvalue weighted by atomic mass is 32.2. The van der Waals surface area contributed by atoms with Crippen LogP contribution in [0.15, 0.2) is 47.4 Å². The minimum absolute atomic E-state index is 0.122. The average Bonchev–Trinajstić information content (AvgIpc) is 2.68. The van der Waals surface area contributed by atoms with Gasteiger partial charge >= 0.3 is 5.69 Å². The van der Waals surface area contributed by atoms with Gasteiger partial charge in [-0.3, -0.25) is 14.9 Å². The van der Waals surface area contributed by atoms with E-state index in [-0.39, 0.29) is 28.0 Å². The van der Waals surface area contributed by atoms with Crippen LogP contribution in [0.25, 0.3) is 0 Å². The van der Waals surface area contributed by atoms with Crippen molar-refractivity contribution in [2.45, 2.75) is 10.6 Å². The van der Waals surface area contributed by atoms with Gasteiger partial charge < -0.3 is 10.1 Å². The van der Waals surface area contributed by atoms with Gasteiger partial charge in [0.15, 0.2) is 5.75 Å². The summed E-state index contributed by atoms with van der Waals surface area (Å²) in [5.41, 5.74) is 1.06. The van der Waals surface area contributed by atoms with Gasteiger partial charge in [-0.2, -0.15) is 0 Å². The van der Waals surface area contributed by atoms with E-state index in [4.69, 9.17) is 4.74 Å². The number of hydrogen-bond acceptors (Lipinski definition) is 7. The number of carbonyl (C=O) groups excluding carboxylic acids is 1. The van der Waals surface area contributed by atoms with Crippen molar-refractivity contribution in [1.82, 2.24) is 4.31 Å². The van der Waals surface area contributed by atoms with Crippen LogP contribution in [0.1, 0.15) is 5.56 Å². The summed E-state index contributed by atoms with van der Waals surface area (Å²) in [5.74, 6) is 0.470. The molecule has 0 atom stereocenters. The zero-order valence-electron chi connectivity index (χ0n) is 16.1. The summed E-state index contributed by atoms with van der Waals surface area (Å²) in [6.07, 6.45) is 0. The molecule has 11 heteroatoms. The summed E-state index contributed by atoms with van der Waals surface area (Å²) < 4.78 is 30.1. The molecule has 156 valence electrons. The van der Waals surface area contributed by atoms with Crippen LogP contribution >= 0.6 is 11.8 Å². The fraction of sp³-hybridized carbons (Fsp3) is 0.278. The Morgan fingerprint density at radius 3 is 2.41 bits per heavy atom. The van der Waals surface area contributed by atoms with Crippen molar-refractivity contribution >= 4 is 39.1 Å². The van der Waals surface area contributed by atoms with Gasteiger partial charge in [0.1, 0.15) is 0 Å². The van der Waals surface area contributed by atoms with Crippen LogP contribution in [0.3, 0.4) is 0 Å². The van der Waals surface area contributed by atoms with Gasteiger partial charge in [0.25, 0.3) is 0 Å². The third-order valence-electron chi connectivity index (χ3n) is 3.86.